The van der Waals surface area contributed by atoms with Crippen molar-refractivity contribution in [1.82, 2.24) is 4.90 Å². The van der Waals surface area contributed by atoms with E-state index in [4.69, 9.17) is 11.6 Å². The van der Waals surface area contributed by atoms with Crippen molar-refractivity contribution in [1.29, 1.82) is 0 Å². The van der Waals surface area contributed by atoms with Crippen LogP contribution in [0.4, 0.5) is 5.69 Å². The Morgan fingerprint density at radius 1 is 1.30 bits per heavy atom. The van der Waals surface area contributed by atoms with Gasteiger partial charge in [-0.15, -0.1) is 12.4 Å². The number of nitrogens with one attached hydrogen (secondary N) is 1. The molecule has 5 nitrogen and oxygen atoms in total. The van der Waals surface area contributed by atoms with E-state index >= 15 is 0 Å². The van der Waals surface area contributed by atoms with Crippen LogP contribution in [0.1, 0.15) is 0 Å². The Labute approximate surface area is 131 Å². The highest BCUT2D eigenvalue weighted by atomic mass is 35.5. The number of fused-ring (bicyclic) bond motifs is 1. The molecule has 3 rings (SSSR count). The Kier molecular flexibility index (Phi) is 4.57. The van der Waals surface area contributed by atoms with Gasteiger partial charge in [0.15, 0.2) is 11.2 Å². The van der Waals surface area contributed by atoms with E-state index in [2.05, 4.69) is 10.3 Å². The van der Waals surface area contributed by atoms with Gasteiger partial charge in [0.1, 0.15) is 0 Å². The Balaban J connectivity index is 0.00000147. The lowest BCUT2D eigenvalue weighted by atomic mass is 10.2. The quantitative estimate of drug-likeness (QED) is 0.842. The predicted molar refractivity (Wildman–Crippen MR) is 82.7 cm³/mol. The van der Waals surface area contributed by atoms with Gasteiger partial charge in [0.25, 0.3) is 11.8 Å². The van der Waals surface area contributed by atoms with Crippen LogP contribution >= 0.6 is 35.8 Å². The number of hydrogen-bond acceptors (Lipinski definition) is 4. The Hall–Kier alpha value is -1.24. The minimum Gasteiger partial charge on any atom is -0.366 e. The van der Waals surface area contributed by atoms with Gasteiger partial charge in [0.2, 0.25) is 0 Å². The summed E-state index contributed by atoms with van der Waals surface area (Å²) in [7, 11) is 0. The van der Waals surface area contributed by atoms with E-state index in [0.717, 1.165) is 5.75 Å². The van der Waals surface area contributed by atoms with Crippen molar-refractivity contribution in [2.24, 2.45) is 4.99 Å². The third-order valence-electron chi connectivity index (χ3n) is 2.90. The molecule has 0 spiro atoms. The zero-order valence-electron chi connectivity index (χ0n) is 10.2. The minimum absolute atomic E-state index is 0. The molecule has 1 atom stereocenters. The Morgan fingerprint density at radius 2 is 2.00 bits per heavy atom. The first-order valence-corrected chi connectivity index (χ1v) is 7.10. The third kappa shape index (κ3) is 2.77. The molecular weight excluding hydrogens is 321 g/mol. The van der Waals surface area contributed by atoms with Crippen LogP contribution in [0.3, 0.4) is 0 Å². The molecule has 0 bridgehead atoms. The average Bonchev–Trinajstić information content (AvgIpc) is 2.85. The molecule has 106 valence electrons. The monoisotopic (exact) mass is 331 g/mol. The van der Waals surface area contributed by atoms with E-state index in [1.165, 1.54) is 11.8 Å². The summed E-state index contributed by atoms with van der Waals surface area (Å²) in [5.41, 5.74) is 0.668. The first kappa shape index (κ1) is 15.2. The van der Waals surface area contributed by atoms with Gasteiger partial charge in [0.05, 0.1) is 0 Å². The van der Waals surface area contributed by atoms with Gasteiger partial charge in [-0.05, 0) is 24.3 Å². The maximum atomic E-state index is 12.2. The summed E-state index contributed by atoms with van der Waals surface area (Å²) in [6, 6.07) is 5.90. The highest BCUT2D eigenvalue weighted by Crippen LogP contribution is 2.24. The number of halogens is 2. The van der Waals surface area contributed by atoms with Gasteiger partial charge in [-0.2, -0.15) is 4.99 Å². The second-order valence-electron chi connectivity index (χ2n) is 4.16. The zero-order valence-corrected chi connectivity index (χ0v) is 12.6. The van der Waals surface area contributed by atoms with Crippen molar-refractivity contribution < 1.29 is 9.59 Å². The topological polar surface area (TPSA) is 61.8 Å². The molecule has 1 unspecified atom stereocenters. The van der Waals surface area contributed by atoms with E-state index in [1.807, 2.05) is 0 Å². The zero-order chi connectivity index (χ0) is 13.4. The summed E-state index contributed by atoms with van der Waals surface area (Å²) in [5, 5.41) is 4.02. The number of carbonyl (C=O) groups is 2. The van der Waals surface area contributed by atoms with E-state index in [9.17, 15) is 9.59 Å². The van der Waals surface area contributed by atoms with Crippen molar-refractivity contribution in [3.05, 3.63) is 29.3 Å². The van der Waals surface area contributed by atoms with Crippen LogP contribution < -0.4 is 5.32 Å². The molecule has 0 aromatic heterocycles. The fraction of sp³-hybridized carbons (Fsp3) is 0.250. The standard InChI is InChI=1S/C12H10ClN3O2S.ClH/c13-7-1-3-8(4-2-7)14-9-10(17)15-12-16(11(9)18)5-6-19-12;/h1-4,9,14H,5-6H2;1H. The number of benzene rings is 1. The second kappa shape index (κ2) is 6.03. The summed E-state index contributed by atoms with van der Waals surface area (Å²) >= 11 is 7.22. The molecule has 1 saturated heterocycles. The Morgan fingerprint density at radius 3 is 2.70 bits per heavy atom. The first-order chi connectivity index (χ1) is 9.15. The number of aliphatic imine (C=N–C) groups is 1. The van der Waals surface area contributed by atoms with Crippen molar-refractivity contribution in [2.45, 2.75) is 6.04 Å². The van der Waals surface area contributed by atoms with Crippen LogP contribution in [0.2, 0.25) is 5.02 Å². The van der Waals surface area contributed by atoms with Gasteiger partial charge in [-0.25, -0.2) is 0 Å². The number of amidine groups is 1. The summed E-state index contributed by atoms with van der Waals surface area (Å²) in [6.07, 6.45) is 0. The molecule has 1 fully saturated rings. The fourth-order valence-electron chi connectivity index (χ4n) is 1.96. The number of thioether (sulfide) groups is 1. The molecule has 0 aliphatic carbocycles. The third-order valence-corrected chi connectivity index (χ3v) is 4.11. The molecule has 1 aromatic rings. The van der Waals surface area contributed by atoms with Crippen LogP contribution in [-0.4, -0.2) is 40.2 Å². The van der Waals surface area contributed by atoms with Gasteiger partial charge in [-0.1, -0.05) is 23.4 Å². The van der Waals surface area contributed by atoms with Crippen LogP contribution in [0.5, 0.6) is 0 Å². The summed E-state index contributed by atoms with van der Waals surface area (Å²) in [4.78, 5) is 29.6. The molecule has 0 radical (unpaired) electrons. The molecule has 2 aliphatic heterocycles. The van der Waals surface area contributed by atoms with Gasteiger partial charge < -0.3 is 5.32 Å². The number of carbonyl (C=O) groups excluding carboxylic acids is 2. The number of nitrogens with zero attached hydrogens (tertiary/aromatic N) is 2. The normalized spacial score (nSPS) is 21.1. The highest BCUT2D eigenvalue weighted by molar-refractivity contribution is 8.14. The average molecular weight is 332 g/mol. The lowest BCUT2D eigenvalue weighted by Crippen LogP contribution is -2.51. The van der Waals surface area contributed by atoms with Crippen LogP contribution in [0.25, 0.3) is 0 Å². The molecule has 0 saturated carbocycles. The van der Waals surface area contributed by atoms with Crippen LogP contribution in [-0.2, 0) is 9.59 Å². The van der Waals surface area contributed by atoms with E-state index < -0.39 is 11.9 Å². The van der Waals surface area contributed by atoms with Crippen molar-refractivity contribution in [2.75, 3.05) is 17.6 Å². The van der Waals surface area contributed by atoms with Crippen molar-refractivity contribution >= 4 is 58.4 Å². The van der Waals surface area contributed by atoms with E-state index in [-0.39, 0.29) is 18.3 Å². The second-order valence-corrected chi connectivity index (χ2v) is 5.65. The SMILES string of the molecule is Cl.O=C1N=C2SCCN2C(=O)C1Nc1ccc(Cl)cc1. The fourth-order valence-corrected chi connectivity index (χ4v) is 3.03. The maximum Gasteiger partial charge on any atom is 0.280 e. The molecule has 8 heteroatoms. The largest absolute Gasteiger partial charge is 0.366 e. The molecule has 2 amide bonds. The van der Waals surface area contributed by atoms with Gasteiger partial charge in [0, 0.05) is 23.0 Å². The molecular formula is C12H11Cl2N3O2S. The van der Waals surface area contributed by atoms with Crippen molar-refractivity contribution in [3.8, 4) is 0 Å². The molecule has 2 heterocycles. The van der Waals surface area contributed by atoms with Crippen LogP contribution in [0, 0.1) is 0 Å². The first-order valence-electron chi connectivity index (χ1n) is 5.74. The number of hydrogen-bond donors (Lipinski definition) is 1. The molecule has 20 heavy (non-hydrogen) atoms. The molecule has 2 aliphatic rings. The van der Waals surface area contributed by atoms with Gasteiger partial charge in [-0.3, -0.25) is 14.5 Å². The van der Waals surface area contributed by atoms with Crippen molar-refractivity contribution in [3.63, 3.8) is 0 Å². The number of anilines is 1. The molecule has 1 N–H and O–H groups in total. The number of amides is 2. The minimum atomic E-state index is -0.941. The Bertz CT molecular complexity index is 577. The lowest BCUT2D eigenvalue weighted by molar-refractivity contribution is -0.134. The van der Waals surface area contributed by atoms with E-state index in [1.54, 1.807) is 29.2 Å². The van der Waals surface area contributed by atoms with Crippen LogP contribution in [0.15, 0.2) is 29.3 Å². The van der Waals surface area contributed by atoms with Gasteiger partial charge >= 0.3 is 0 Å². The summed E-state index contributed by atoms with van der Waals surface area (Å²) in [5.74, 6) is 0.0986. The number of rotatable bonds is 2. The predicted octanol–water partition coefficient (Wildman–Crippen LogP) is 2.01. The highest BCUT2D eigenvalue weighted by Gasteiger charge is 2.40. The maximum absolute atomic E-state index is 12.2. The summed E-state index contributed by atoms with van der Waals surface area (Å²) < 4.78 is 0. The van der Waals surface area contributed by atoms with E-state index in [0.29, 0.717) is 22.4 Å². The smallest absolute Gasteiger partial charge is 0.280 e. The summed E-state index contributed by atoms with van der Waals surface area (Å²) in [6.45, 7) is 0.606. The molecule has 1 aromatic carbocycles. The lowest BCUT2D eigenvalue weighted by Gasteiger charge is -2.26.